The van der Waals surface area contributed by atoms with Gasteiger partial charge in [0.25, 0.3) is 8.53 Å². The maximum Gasteiger partial charge on any atom is 0.407 e. The lowest BCUT2D eigenvalue weighted by Crippen LogP contribution is -2.42. The van der Waals surface area contributed by atoms with Gasteiger partial charge in [0.2, 0.25) is 5.52 Å². The molecule has 7 rings (SSSR count). The van der Waals surface area contributed by atoms with Gasteiger partial charge < -0.3 is 38.2 Å². The number of carbonyl (C=O) groups is 1. The second kappa shape index (κ2) is 25.8. The number of nitrogens with zero attached hydrogens (tertiary/aromatic N) is 4. The maximum absolute atomic E-state index is 13.7. The van der Waals surface area contributed by atoms with E-state index in [-0.39, 0.29) is 44.9 Å². The smallest absolute Gasteiger partial charge is 0.407 e. The van der Waals surface area contributed by atoms with E-state index in [2.05, 4.69) is 133 Å². The Bertz CT molecular complexity index is 2710. The highest BCUT2D eigenvalue weighted by molar-refractivity contribution is 8.03. The molecule has 0 spiro atoms. The zero-order valence-corrected chi connectivity index (χ0v) is 43.4. The van der Waals surface area contributed by atoms with Crippen molar-refractivity contribution in [3.63, 3.8) is 0 Å². The summed E-state index contributed by atoms with van der Waals surface area (Å²) in [7, 11) is 3.62. The number of anilines is 1. The van der Waals surface area contributed by atoms with Gasteiger partial charge in [-0.15, -0.1) is 0 Å². The standard InChI is InChI=1S/C57H64N5O7PS/c1-42(2)62(43(3)4)70(68-39-16-35-58)69-50(41-67-57(45-19-9-8-10-20-45,46-26-30-48(64-6)31-27-46)47-28-32-49(65-7)33-29-47)40-59-56(63)66-38-17-36-61-53-23-13-14-24-54(53)71-55(61)25-15-18-44-34-37-60(5)52-22-12-11-21-51(44)52/h8-15,18-34,37,42-43,50H,16-17,36,38-41H2,1-7H3/p+1/t50-,70?/m0/s1. The van der Waals surface area contributed by atoms with Crippen molar-refractivity contribution in [3.8, 4) is 17.6 Å². The molecule has 5 aromatic carbocycles. The summed E-state index contributed by atoms with van der Waals surface area (Å²) in [6.45, 7) is 9.43. The number of methoxy groups -OCH3 is 2. The summed E-state index contributed by atoms with van der Waals surface area (Å²) < 4.78 is 41.9. The van der Waals surface area contributed by atoms with Crippen LogP contribution in [0, 0.1) is 11.3 Å². The minimum atomic E-state index is -1.72. The van der Waals surface area contributed by atoms with Crippen LogP contribution in [-0.2, 0) is 31.2 Å². The van der Waals surface area contributed by atoms with Crippen molar-refractivity contribution in [1.82, 2.24) is 9.99 Å². The minimum Gasteiger partial charge on any atom is -0.497 e. The van der Waals surface area contributed by atoms with E-state index < -0.39 is 26.3 Å². The first-order valence-corrected chi connectivity index (χ1v) is 25.9. The lowest BCUT2D eigenvalue weighted by molar-refractivity contribution is -0.644. The zero-order valence-electron chi connectivity index (χ0n) is 41.7. The molecular formula is C57H65N5O7PS+. The van der Waals surface area contributed by atoms with Crippen LogP contribution in [0.1, 0.15) is 62.8 Å². The summed E-state index contributed by atoms with van der Waals surface area (Å²) in [5.41, 5.74) is 4.88. The molecule has 0 saturated heterocycles. The van der Waals surface area contributed by atoms with Gasteiger partial charge >= 0.3 is 6.09 Å². The van der Waals surface area contributed by atoms with Crippen molar-refractivity contribution in [2.45, 2.75) is 69.2 Å². The molecule has 2 heterocycles. The summed E-state index contributed by atoms with van der Waals surface area (Å²) in [6.07, 6.45) is 7.97. The van der Waals surface area contributed by atoms with Crippen molar-refractivity contribution < 1.29 is 37.4 Å². The average molecular weight is 995 g/mol. The molecule has 370 valence electrons. The van der Waals surface area contributed by atoms with Gasteiger partial charge in [-0.2, -0.15) is 5.26 Å². The summed E-state index contributed by atoms with van der Waals surface area (Å²) in [4.78, 5) is 17.1. The number of thioether (sulfide) groups is 1. The average Bonchev–Trinajstić information content (AvgIpc) is 3.74. The number of alkyl carbamates (subject to hydrolysis) is 1. The van der Waals surface area contributed by atoms with E-state index in [0.29, 0.717) is 24.5 Å². The van der Waals surface area contributed by atoms with Gasteiger partial charge in [-0.3, -0.25) is 0 Å². The van der Waals surface area contributed by atoms with Gasteiger partial charge in [0.15, 0.2) is 6.20 Å². The van der Waals surface area contributed by atoms with E-state index in [1.54, 1.807) is 26.0 Å². The van der Waals surface area contributed by atoms with Crippen molar-refractivity contribution in [2.75, 3.05) is 52.0 Å². The van der Waals surface area contributed by atoms with Crippen molar-refractivity contribution in [2.24, 2.45) is 7.05 Å². The summed E-state index contributed by atoms with van der Waals surface area (Å²) in [6, 6.07) is 46.9. The van der Waals surface area contributed by atoms with Gasteiger partial charge in [0.1, 0.15) is 30.3 Å². The van der Waals surface area contributed by atoms with Crippen LogP contribution in [0.2, 0.25) is 0 Å². The van der Waals surface area contributed by atoms with Crippen LogP contribution in [0.15, 0.2) is 162 Å². The van der Waals surface area contributed by atoms with Gasteiger partial charge in [0, 0.05) is 42.2 Å². The highest BCUT2D eigenvalue weighted by atomic mass is 32.2. The van der Waals surface area contributed by atoms with Crippen molar-refractivity contribution in [1.29, 1.82) is 5.26 Å². The monoisotopic (exact) mass is 994 g/mol. The number of para-hydroxylation sites is 2. The number of amides is 1. The Morgan fingerprint density at radius 3 is 2.13 bits per heavy atom. The van der Waals surface area contributed by atoms with Gasteiger partial charge in [-0.05, 0) is 105 Å². The molecule has 6 aromatic rings. The maximum atomic E-state index is 13.7. The number of rotatable bonds is 24. The Kier molecular flexibility index (Phi) is 19.1. The molecule has 0 fully saturated rings. The van der Waals surface area contributed by atoms with E-state index in [9.17, 15) is 10.1 Å². The second-order valence-electron chi connectivity index (χ2n) is 17.4. The number of nitriles is 1. The van der Waals surface area contributed by atoms with E-state index in [1.807, 2.05) is 84.9 Å². The normalized spacial score (nSPS) is 14.0. The fourth-order valence-corrected chi connectivity index (χ4v) is 11.4. The number of hydrogen-bond donors (Lipinski definition) is 1. The molecule has 14 heteroatoms. The molecular weight excluding hydrogens is 930 g/mol. The third kappa shape index (κ3) is 13.2. The molecule has 1 aliphatic rings. The van der Waals surface area contributed by atoms with E-state index in [0.717, 1.165) is 33.0 Å². The molecule has 1 unspecified atom stereocenters. The molecule has 12 nitrogen and oxygen atoms in total. The largest absolute Gasteiger partial charge is 0.497 e. The minimum absolute atomic E-state index is 0.0202. The number of hydrogen-bond acceptors (Lipinski definition) is 11. The number of allylic oxidation sites excluding steroid dienone is 2. The van der Waals surface area contributed by atoms with Gasteiger partial charge in [-0.25, -0.2) is 14.0 Å². The van der Waals surface area contributed by atoms with Crippen LogP contribution < -0.4 is 24.3 Å². The van der Waals surface area contributed by atoms with Crippen LogP contribution in [0.25, 0.3) is 17.0 Å². The first-order valence-electron chi connectivity index (χ1n) is 24.0. The number of aromatic nitrogens is 1. The fourth-order valence-electron chi connectivity index (χ4n) is 8.65. The third-order valence-corrected chi connectivity index (χ3v) is 15.3. The summed E-state index contributed by atoms with van der Waals surface area (Å²) in [5.74, 6) is 1.41. The van der Waals surface area contributed by atoms with Crippen LogP contribution in [0.4, 0.5) is 10.5 Å². The van der Waals surface area contributed by atoms with E-state index in [4.69, 9.17) is 28.0 Å². The zero-order chi connectivity index (χ0) is 50.2. The Hall–Kier alpha value is -6.23. The number of fused-ring (bicyclic) bond motifs is 2. The van der Waals surface area contributed by atoms with Crippen LogP contribution in [0.5, 0.6) is 11.5 Å². The van der Waals surface area contributed by atoms with Gasteiger partial charge in [0.05, 0.1) is 62.6 Å². The Morgan fingerprint density at radius 1 is 0.831 bits per heavy atom. The molecule has 0 bridgehead atoms. The van der Waals surface area contributed by atoms with Crippen LogP contribution >= 0.6 is 20.3 Å². The number of pyridine rings is 1. The fraction of sp³-hybridized carbons (Fsp3) is 0.316. The quantitative estimate of drug-likeness (QED) is 0.0270. The Labute approximate surface area is 424 Å². The first-order chi connectivity index (χ1) is 34.6. The van der Waals surface area contributed by atoms with E-state index >= 15 is 0 Å². The van der Waals surface area contributed by atoms with E-state index in [1.165, 1.54) is 15.8 Å². The van der Waals surface area contributed by atoms with Crippen molar-refractivity contribution in [3.05, 3.63) is 179 Å². The Balaban J connectivity index is 1.10. The summed E-state index contributed by atoms with van der Waals surface area (Å²) in [5, 5.41) is 14.7. The molecule has 1 aliphatic heterocycles. The highest BCUT2D eigenvalue weighted by Gasteiger charge is 2.40. The van der Waals surface area contributed by atoms with Crippen LogP contribution in [0.3, 0.4) is 0 Å². The molecule has 1 amide bonds. The summed E-state index contributed by atoms with van der Waals surface area (Å²) >= 11 is 1.73. The number of benzene rings is 5. The lowest BCUT2D eigenvalue weighted by Gasteiger charge is -2.39. The molecule has 71 heavy (non-hydrogen) atoms. The number of aryl methyl sites for hydroxylation is 1. The molecule has 0 saturated carbocycles. The SMILES string of the molecule is COc1ccc(C(OC[C@H](CNC(=O)OCCCN2/C(=C/C=C/c3cc[n+](C)c4ccccc34)Sc3ccccc32)OP(OCCC#N)N(C(C)C)C(C)C)(c2ccccc2)c2ccc(OC)cc2)cc1. The lowest BCUT2D eigenvalue weighted by atomic mass is 9.80. The number of carbonyl (C=O) groups excluding carboxylic acids is 1. The first kappa shape index (κ1) is 52.6. The second-order valence-corrected chi connectivity index (χ2v) is 19.9. The highest BCUT2D eigenvalue weighted by Crippen LogP contribution is 2.49. The molecule has 1 aromatic heterocycles. The Morgan fingerprint density at radius 2 is 1.46 bits per heavy atom. The van der Waals surface area contributed by atoms with Gasteiger partial charge in [-0.1, -0.05) is 103 Å². The number of nitrogens with one attached hydrogen (secondary N) is 1. The molecule has 1 N–H and O–H groups in total. The van der Waals surface area contributed by atoms with Crippen LogP contribution in [-0.4, -0.2) is 76.1 Å². The predicted molar refractivity (Wildman–Crippen MR) is 284 cm³/mol. The predicted octanol–water partition coefficient (Wildman–Crippen LogP) is 11.9. The third-order valence-electron chi connectivity index (χ3n) is 12.0. The van der Waals surface area contributed by atoms with Crippen molar-refractivity contribution >= 4 is 49.0 Å². The molecule has 0 radical (unpaired) electrons. The topological polar surface area (TPSA) is 119 Å². The molecule has 0 aliphatic carbocycles. The number of ether oxygens (including phenoxy) is 4. The molecule has 2 atom stereocenters.